The monoisotopic (exact) mass is 403 g/mol. The maximum Gasteiger partial charge on any atom is 0.414 e. The second kappa shape index (κ2) is 10.1. The van der Waals surface area contributed by atoms with Gasteiger partial charge in [0.25, 0.3) is 0 Å². The standard InChI is InChI=1S/C15H23NO4S.C2H2O4/c1-11(2)20-15-12(5-4-6-14(15)19-3)9-16-13-7-8-21(17,18)10-13;3-1(4)2(5)6/h4-6,11,13,16H,7-10H2,1-3H3;(H,3,4)(H,5,6). The Kier molecular flexibility index (Phi) is 8.51. The highest BCUT2D eigenvalue weighted by atomic mass is 32.2. The molecule has 1 fully saturated rings. The summed E-state index contributed by atoms with van der Waals surface area (Å²) in [5.41, 5.74) is 0.979. The first-order chi connectivity index (χ1) is 12.6. The molecule has 0 radical (unpaired) electrons. The minimum atomic E-state index is -2.86. The number of carbonyl (C=O) groups is 2. The van der Waals surface area contributed by atoms with Crippen molar-refractivity contribution in [3.63, 3.8) is 0 Å². The van der Waals surface area contributed by atoms with Crippen molar-refractivity contribution < 1.29 is 37.7 Å². The van der Waals surface area contributed by atoms with Crippen molar-refractivity contribution >= 4 is 21.8 Å². The third kappa shape index (κ3) is 7.83. The summed E-state index contributed by atoms with van der Waals surface area (Å²) >= 11 is 0. The lowest BCUT2D eigenvalue weighted by Gasteiger charge is -2.19. The molecule has 2 rings (SSSR count). The van der Waals surface area contributed by atoms with Crippen LogP contribution in [0.2, 0.25) is 0 Å². The molecule has 0 spiro atoms. The smallest absolute Gasteiger partial charge is 0.414 e. The summed E-state index contributed by atoms with van der Waals surface area (Å²) in [7, 11) is -1.25. The number of hydrogen-bond acceptors (Lipinski definition) is 7. The van der Waals surface area contributed by atoms with Crippen LogP contribution in [-0.2, 0) is 26.0 Å². The average Bonchev–Trinajstić information content (AvgIpc) is 2.92. The molecule has 27 heavy (non-hydrogen) atoms. The number of benzene rings is 1. The largest absolute Gasteiger partial charge is 0.493 e. The summed E-state index contributed by atoms with van der Waals surface area (Å²) in [5, 5.41) is 18.1. The van der Waals surface area contributed by atoms with Gasteiger partial charge in [-0.1, -0.05) is 12.1 Å². The Morgan fingerprint density at radius 2 is 1.89 bits per heavy atom. The number of para-hydroxylation sites is 1. The highest BCUT2D eigenvalue weighted by molar-refractivity contribution is 7.91. The van der Waals surface area contributed by atoms with Crippen molar-refractivity contribution in [3.8, 4) is 11.5 Å². The van der Waals surface area contributed by atoms with Gasteiger partial charge < -0.3 is 25.0 Å². The van der Waals surface area contributed by atoms with Gasteiger partial charge in [0.05, 0.1) is 24.7 Å². The molecule has 1 aliphatic heterocycles. The molecule has 9 nitrogen and oxygen atoms in total. The number of nitrogens with one attached hydrogen (secondary N) is 1. The van der Waals surface area contributed by atoms with E-state index in [0.717, 1.165) is 11.3 Å². The Morgan fingerprint density at radius 3 is 2.33 bits per heavy atom. The van der Waals surface area contributed by atoms with Crippen molar-refractivity contribution in [1.82, 2.24) is 5.32 Å². The zero-order valence-corrected chi connectivity index (χ0v) is 16.3. The van der Waals surface area contributed by atoms with Crippen LogP contribution in [0.1, 0.15) is 25.8 Å². The number of carboxylic acid groups (broad SMARTS) is 2. The molecule has 1 aromatic rings. The molecule has 3 N–H and O–H groups in total. The van der Waals surface area contributed by atoms with E-state index in [4.69, 9.17) is 29.3 Å². The van der Waals surface area contributed by atoms with E-state index in [0.29, 0.717) is 18.7 Å². The molecule has 0 bridgehead atoms. The second-order valence-corrected chi connectivity index (χ2v) is 8.44. The van der Waals surface area contributed by atoms with Gasteiger partial charge in [0, 0.05) is 18.2 Å². The number of rotatable bonds is 6. The fourth-order valence-corrected chi connectivity index (χ4v) is 4.15. The molecule has 1 unspecified atom stereocenters. The maximum atomic E-state index is 11.5. The SMILES string of the molecule is COc1cccc(CNC2CCS(=O)(=O)C2)c1OC(C)C.O=C(O)C(=O)O. The van der Waals surface area contributed by atoms with Crippen molar-refractivity contribution in [3.05, 3.63) is 23.8 Å². The summed E-state index contributed by atoms with van der Waals surface area (Å²) in [6.45, 7) is 4.50. The summed E-state index contributed by atoms with van der Waals surface area (Å²) in [6.07, 6.45) is 0.721. The van der Waals surface area contributed by atoms with Crippen LogP contribution in [0.3, 0.4) is 0 Å². The molecule has 1 atom stereocenters. The van der Waals surface area contributed by atoms with Crippen molar-refractivity contribution in [1.29, 1.82) is 0 Å². The first-order valence-corrected chi connectivity index (χ1v) is 10.1. The second-order valence-electron chi connectivity index (χ2n) is 6.21. The molecule has 0 saturated carbocycles. The molecule has 0 aliphatic carbocycles. The van der Waals surface area contributed by atoms with Gasteiger partial charge in [-0.05, 0) is 26.3 Å². The first-order valence-electron chi connectivity index (χ1n) is 8.28. The predicted molar refractivity (Wildman–Crippen MR) is 97.9 cm³/mol. The van der Waals surface area contributed by atoms with E-state index in [1.807, 2.05) is 32.0 Å². The van der Waals surface area contributed by atoms with Crippen LogP contribution in [0.25, 0.3) is 0 Å². The van der Waals surface area contributed by atoms with Gasteiger partial charge in [0.1, 0.15) is 0 Å². The molecule has 0 amide bonds. The number of carboxylic acids is 2. The van der Waals surface area contributed by atoms with Gasteiger partial charge in [-0.2, -0.15) is 0 Å². The topological polar surface area (TPSA) is 139 Å². The molecular weight excluding hydrogens is 378 g/mol. The highest BCUT2D eigenvalue weighted by Crippen LogP contribution is 2.32. The van der Waals surface area contributed by atoms with E-state index in [1.165, 1.54) is 0 Å². The molecule has 1 heterocycles. The van der Waals surface area contributed by atoms with E-state index in [1.54, 1.807) is 7.11 Å². The molecule has 1 aromatic carbocycles. The van der Waals surface area contributed by atoms with Crippen LogP contribution in [0.15, 0.2) is 18.2 Å². The van der Waals surface area contributed by atoms with Crippen LogP contribution in [0.4, 0.5) is 0 Å². The van der Waals surface area contributed by atoms with Crippen LogP contribution in [0.5, 0.6) is 11.5 Å². The Morgan fingerprint density at radius 1 is 1.26 bits per heavy atom. The van der Waals surface area contributed by atoms with E-state index >= 15 is 0 Å². The molecular formula is C17H25NO8S. The van der Waals surface area contributed by atoms with Crippen molar-refractivity contribution in [2.45, 2.75) is 39.0 Å². The molecule has 0 aromatic heterocycles. The molecule has 10 heteroatoms. The van der Waals surface area contributed by atoms with Crippen molar-refractivity contribution in [2.75, 3.05) is 18.6 Å². The van der Waals surface area contributed by atoms with Crippen molar-refractivity contribution in [2.24, 2.45) is 0 Å². The van der Waals surface area contributed by atoms with Gasteiger partial charge in [-0.25, -0.2) is 18.0 Å². The molecule has 1 saturated heterocycles. The van der Waals surface area contributed by atoms with Gasteiger partial charge in [-0.15, -0.1) is 0 Å². The van der Waals surface area contributed by atoms with Crippen LogP contribution < -0.4 is 14.8 Å². The number of hydrogen-bond donors (Lipinski definition) is 3. The summed E-state index contributed by atoms with van der Waals surface area (Å²) in [5.74, 6) is -1.73. The zero-order chi connectivity index (χ0) is 20.6. The molecule has 1 aliphatic rings. The quantitative estimate of drug-likeness (QED) is 0.591. The normalized spacial score (nSPS) is 17.7. The number of methoxy groups -OCH3 is 1. The minimum Gasteiger partial charge on any atom is -0.493 e. The predicted octanol–water partition coefficient (Wildman–Crippen LogP) is 0.915. The summed E-state index contributed by atoms with van der Waals surface area (Å²) < 4.78 is 34.1. The lowest BCUT2D eigenvalue weighted by molar-refractivity contribution is -0.159. The third-order valence-corrected chi connectivity index (χ3v) is 5.40. The zero-order valence-electron chi connectivity index (χ0n) is 15.5. The fourth-order valence-electron chi connectivity index (χ4n) is 2.44. The van der Waals surface area contributed by atoms with Gasteiger partial charge in [0.15, 0.2) is 21.3 Å². The average molecular weight is 403 g/mol. The lowest BCUT2D eigenvalue weighted by atomic mass is 10.1. The highest BCUT2D eigenvalue weighted by Gasteiger charge is 2.27. The Hall–Kier alpha value is -2.33. The number of aliphatic carboxylic acids is 2. The van der Waals surface area contributed by atoms with E-state index in [9.17, 15) is 8.42 Å². The van der Waals surface area contributed by atoms with E-state index in [-0.39, 0.29) is 23.7 Å². The Bertz CT molecular complexity index is 748. The van der Waals surface area contributed by atoms with Gasteiger partial charge in [-0.3, -0.25) is 0 Å². The van der Waals surface area contributed by atoms with Crippen LogP contribution >= 0.6 is 0 Å². The van der Waals surface area contributed by atoms with Gasteiger partial charge in [0.2, 0.25) is 0 Å². The maximum absolute atomic E-state index is 11.5. The van der Waals surface area contributed by atoms with E-state index < -0.39 is 21.8 Å². The van der Waals surface area contributed by atoms with E-state index in [2.05, 4.69) is 5.32 Å². The fraction of sp³-hybridized carbons (Fsp3) is 0.529. The number of sulfone groups is 1. The van der Waals surface area contributed by atoms with Gasteiger partial charge >= 0.3 is 11.9 Å². The summed E-state index contributed by atoms with van der Waals surface area (Å²) in [4.78, 5) is 18.2. The number of ether oxygens (including phenoxy) is 2. The molecule has 152 valence electrons. The minimum absolute atomic E-state index is 0.0214. The Labute approximate surface area is 158 Å². The summed E-state index contributed by atoms with van der Waals surface area (Å²) in [6, 6.07) is 5.76. The Balaban J connectivity index is 0.000000527. The van der Waals surface area contributed by atoms with Crippen LogP contribution in [-0.4, -0.2) is 61.3 Å². The third-order valence-electron chi connectivity index (χ3n) is 3.63. The lowest BCUT2D eigenvalue weighted by Crippen LogP contribution is -2.29. The van der Waals surface area contributed by atoms with Crippen LogP contribution in [0, 0.1) is 0 Å². The first kappa shape index (κ1) is 22.7.